The molecule has 0 saturated heterocycles. The summed E-state index contributed by atoms with van der Waals surface area (Å²) in [4.78, 5) is 16.0. The summed E-state index contributed by atoms with van der Waals surface area (Å²) in [6, 6.07) is 12.8. The maximum absolute atomic E-state index is 11.2. The Morgan fingerprint density at radius 2 is 1.77 bits per heavy atom. The number of ether oxygens (including phenoxy) is 1. The van der Waals surface area contributed by atoms with E-state index in [0.717, 1.165) is 41.0 Å². The van der Waals surface area contributed by atoms with Gasteiger partial charge in [0.25, 0.3) is 0 Å². The lowest BCUT2D eigenvalue weighted by atomic mass is 10.1. The second-order valence-electron chi connectivity index (χ2n) is 6.63. The van der Waals surface area contributed by atoms with Crippen LogP contribution < -0.4 is 0 Å². The maximum atomic E-state index is 11.2. The zero-order valence-electron chi connectivity index (χ0n) is 16.0. The third-order valence-corrected chi connectivity index (χ3v) is 4.79. The Bertz CT molecular complexity index is 923. The second-order valence-corrected chi connectivity index (χ2v) is 6.63. The van der Waals surface area contributed by atoms with E-state index in [1.165, 1.54) is 11.1 Å². The van der Waals surface area contributed by atoms with E-state index in [4.69, 9.17) is 9.72 Å². The molecule has 136 valence electrons. The number of imidazole rings is 1. The molecule has 0 aliphatic heterocycles. The molecule has 3 aromatic rings. The first kappa shape index (κ1) is 18.2. The molecule has 0 unspecified atom stereocenters. The molecule has 3 rings (SSSR count). The van der Waals surface area contributed by atoms with Crippen LogP contribution in [0.15, 0.2) is 36.4 Å². The van der Waals surface area contributed by atoms with Crippen LogP contribution in [0.3, 0.4) is 0 Å². The number of aryl methyl sites for hydroxylation is 3. The molecule has 4 nitrogen and oxygen atoms in total. The minimum Gasteiger partial charge on any atom is -0.465 e. The number of rotatable bonds is 6. The summed E-state index contributed by atoms with van der Waals surface area (Å²) < 4.78 is 7.40. The number of benzene rings is 2. The Morgan fingerprint density at radius 3 is 2.42 bits per heavy atom. The van der Waals surface area contributed by atoms with E-state index < -0.39 is 0 Å². The van der Waals surface area contributed by atoms with Crippen LogP contribution in [0.1, 0.15) is 42.8 Å². The molecule has 0 aliphatic carbocycles. The van der Waals surface area contributed by atoms with Crippen LogP contribution in [-0.4, -0.2) is 22.1 Å². The van der Waals surface area contributed by atoms with Gasteiger partial charge in [0.05, 0.1) is 17.6 Å². The van der Waals surface area contributed by atoms with Crippen molar-refractivity contribution in [2.75, 3.05) is 6.61 Å². The van der Waals surface area contributed by atoms with Crippen LogP contribution in [0.5, 0.6) is 0 Å². The van der Waals surface area contributed by atoms with E-state index in [9.17, 15) is 4.79 Å². The number of carbonyl (C=O) groups is 1. The molecule has 0 N–H and O–H groups in total. The van der Waals surface area contributed by atoms with Crippen LogP contribution in [0.2, 0.25) is 0 Å². The van der Waals surface area contributed by atoms with Crippen molar-refractivity contribution in [3.8, 4) is 5.69 Å². The van der Waals surface area contributed by atoms with E-state index in [0.29, 0.717) is 13.0 Å². The molecular formula is C22H26N2O2. The van der Waals surface area contributed by atoms with Crippen molar-refractivity contribution >= 4 is 17.0 Å². The van der Waals surface area contributed by atoms with E-state index in [1.807, 2.05) is 0 Å². The second kappa shape index (κ2) is 7.73. The zero-order chi connectivity index (χ0) is 18.7. The predicted octanol–water partition coefficient (Wildman–Crippen LogP) is 4.70. The van der Waals surface area contributed by atoms with Crippen molar-refractivity contribution in [2.45, 2.75) is 47.0 Å². The Hall–Kier alpha value is -2.62. The van der Waals surface area contributed by atoms with Gasteiger partial charge >= 0.3 is 5.97 Å². The first-order chi connectivity index (χ1) is 12.5. The average Bonchev–Trinajstić information content (AvgIpc) is 3.00. The van der Waals surface area contributed by atoms with Gasteiger partial charge in [-0.25, -0.2) is 4.98 Å². The van der Waals surface area contributed by atoms with Crippen molar-refractivity contribution in [1.29, 1.82) is 0 Å². The van der Waals surface area contributed by atoms with Crippen LogP contribution in [0.4, 0.5) is 0 Å². The molecule has 0 bridgehead atoms. The number of fused-ring (bicyclic) bond motifs is 1. The number of aromatic nitrogens is 2. The molecule has 1 heterocycles. The lowest BCUT2D eigenvalue weighted by Crippen LogP contribution is -2.06. The molecule has 2 aromatic carbocycles. The topological polar surface area (TPSA) is 44.1 Å². The quantitative estimate of drug-likeness (QED) is 0.605. The van der Waals surface area contributed by atoms with Gasteiger partial charge in [0.15, 0.2) is 0 Å². The molecule has 4 heteroatoms. The normalized spacial score (nSPS) is 11.1. The average molecular weight is 350 g/mol. The summed E-state index contributed by atoms with van der Waals surface area (Å²) in [6.07, 6.45) is 2.03. The summed E-state index contributed by atoms with van der Waals surface area (Å²) in [5.41, 5.74) is 7.00. The molecule has 0 saturated carbocycles. The standard InChI is InChI=1S/C22H26N2O2/c1-5-21-23-19-13-15(3)16(4)14-20(19)24(21)18-9-7-17(8-10-18)11-12-26-22(25)6-2/h7-10,13-14H,5-6,11-12H2,1-4H3. The molecule has 0 atom stereocenters. The summed E-state index contributed by atoms with van der Waals surface area (Å²) in [6.45, 7) is 8.63. The number of carbonyl (C=O) groups excluding carboxylic acids is 1. The molecule has 0 radical (unpaired) electrons. The molecule has 26 heavy (non-hydrogen) atoms. The Balaban J connectivity index is 1.89. The zero-order valence-corrected chi connectivity index (χ0v) is 16.0. The predicted molar refractivity (Wildman–Crippen MR) is 105 cm³/mol. The van der Waals surface area contributed by atoms with Crippen molar-refractivity contribution < 1.29 is 9.53 Å². The largest absolute Gasteiger partial charge is 0.465 e. The Labute approximate surface area is 154 Å². The maximum Gasteiger partial charge on any atom is 0.305 e. The molecule has 0 aliphatic rings. The third-order valence-electron chi connectivity index (χ3n) is 4.79. The molecule has 1 aromatic heterocycles. The van der Waals surface area contributed by atoms with Gasteiger partial charge in [0, 0.05) is 24.9 Å². The number of nitrogens with zero attached hydrogens (tertiary/aromatic N) is 2. The van der Waals surface area contributed by atoms with Gasteiger partial charge in [0.2, 0.25) is 0 Å². The highest BCUT2D eigenvalue weighted by molar-refractivity contribution is 5.80. The van der Waals surface area contributed by atoms with Crippen LogP contribution in [0.25, 0.3) is 16.7 Å². The molecule has 0 spiro atoms. The molecule has 0 amide bonds. The summed E-state index contributed by atoms with van der Waals surface area (Å²) in [5.74, 6) is 0.916. The van der Waals surface area contributed by atoms with E-state index in [-0.39, 0.29) is 5.97 Å². The summed E-state index contributed by atoms with van der Waals surface area (Å²) >= 11 is 0. The van der Waals surface area contributed by atoms with Crippen molar-refractivity contribution in [3.05, 3.63) is 58.9 Å². The van der Waals surface area contributed by atoms with Crippen molar-refractivity contribution in [3.63, 3.8) is 0 Å². The van der Waals surface area contributed by atoms with Gasteiger partial charge in [-0.2, -0.15) is 0 Å². The monoisotopic (exact) mass is 350 g/mol. The highest BCUT2D eigenvalue weighted by Crippen LogP contribution is 2.25. The fourth-order valence-corrected chi connectivity index (χ4v) is 3.10. The lowest BCUT2D eigenvalue weighted by Gasteiger charge is -2.10. The SMILES string of the molecule is CCC(=O)OCCc1ccc(-n2c(CC)nc3cc(C)c(C)cc32)cc1. The minimum absolute atomic E-state index is 0.148. The van der Waals surface area contributed by atoms with E-state index in [2.05, 4.69) is 61.7 Å². The van der Waals surface area contributed by atoms with Gasteiger partial charge in [-0.1, -0.05) is 26.0 Å². The van der Waals surface area contributed by atoms with Gasteiger partial charge in [-0.05, 0) is 54.8 Å². The van der Waals surface area contributed by atoms with Crippen LogP contribution in [-0.2, 0) is 22.4 Å². The van der Waals surface area contributed by atoms with E-state index in [1.54, 1.807) is 6.92 Å². The fraction of sp³-hybridized carbons (Fsp3) is 0.364. The number of esters is 1. The van der Waals surface area contributed by atoms with Gasteiger partial charge in [-0.15, -0.1) is 0 Å². The van der Waals surface area contributed by atoms with Gasteiger partial charge < -0.3 is 4.74 Å². The first-order valence-corrected chi connectivity index (χ1v) is 9.27. The molecule has 0 fully saturated rings. The smallest absolute Gasteiger partial charge is 0.305 e. The van der Waals surface area contributed by atoms with Crippen LogP contribution in [0, 0.1) is 13.8 Å². The van der Waals surface area contributed by atoms with Crippen LogP contribution >= 0.6 is 0 Å². The van der Waals surface area contributed by atoms with Gasteiger partial charge in [0.1, 0.15) is 5.82 Å². The van der Waals surface area contributed by atoms with Gasteiger partial charge in [-0.3, -0.25) is 9.36 Å². The van der Waals surface area contributed by atoms with E-state index >= 15 is 0 Å². The fourth-order valence-electron chi connectivity index (χ4n) is 3.10. The molecular weight excluding hydrogens is 324 g/mol. The summed E-state index contributed by atoms with van der Waals surface area (Å²) in [5, 5.41) is 0. The first-order valence-electron chi connectivity index (χ1n) is 9.27. The number of hydrogen-bond acceptors (Lipinski definition) is 3. The Kier molecular flexibility index (Phi) is 5.40. The number of hydrogen-bond donors (Lipinski definition) is 0. The third kappa shape index (κ3) is 3.64. The summed E-state index contributed by atoms with van der Waals surface area (Å²) in [7, 11) is 0. The highest BCUT2D eigenvalue weighted by Gasteiger charge is 2.12. The van der Waals surface area contributed by atoms with Crippen molar-refractivity contribution in [1.82, 2.24) is 9.55 Å². The minimum atomic E-state index is -0.148. The van der Waals surface area contributed by atoms with Crippen molar-refractivity contribution in [2.24, 2.45) is 0 Å². The Morgan fingerprint density at radius 1 is 1.08 bits per heavy atom. The highest BCUT2D eigenvalue weighted by atomic mass is 16.5. The lowest BCUT2D eigenvalue weighted by molar-refractivity contribution is -0.143.